The standard InChI is InChI=1S/C24H27Cl3N4O2/c1-14(2)24(4)12-21(32)31(23(29-24)30-27)13-16-8-9-20(26)19(10-16)22(33)28-15(3)17-6-5-7-18(25)11-17/h5-11,14-15H,12-13H2,1-4H3,(H,28,33)(H,29,30)/t15-,24-/m0/s1. The van der Waals surface area contributed by atoms with Gasteiger partial charge in [-0.1, -0.05) is 55.2 Å². The number of aliphatic imine (C=N–C) groups is 1. The molecule has 2 atom stereocenters. The van der Waals surface area contributed by atoms with Crippen LogP contribution >= 0.6 is 35.0 Å². The zero-order valence-electron chi connectivity index (χ0n) is 19.0. The lowest BCUT2D eigenvalue weighted by Gasteiger charge is -2.38. The SMILES string of the molecule is CC(C)[C@]1(C)CC(=O)N(Cc2ccc(Cl)c(C(=O)N[C@@H](C)c3cccc(Cl)c3)c2)C(NCl)=N1. The average Bonchev–Trinajstić information content (AvgIpc) is 2.76. The van der Waals surface area contributed by atoms with Gasteiger partial charge in [0.2, 0.25) is 11.9 Å². The Morgan fingerprint density at radius 3 is 2.55 bits per heavy atom. The first-order valence-corrected chi connectivity index (χ1v) is 11.8. The van der Waals surface area contributed by atoms with E-state index in [-0.39, 0.29) is 36.7 Å². The topological polar surface area (TPSA) is 73.8 Å². The van der Waals surface area contributed by atoms with Gasteiger partial charge in [0.25, 0.3) is 5.91 Å². The lowest BCUT2D eigenvalue weighted by atomic mass is 9.84. The molecule has 0 saturated carbocycles. The summed E-state index contributed by atoms with van der Waals surface area (Å²) in [6, 6.07) is 12.1. The Morgan fingerprint density at radius 1 is 1.18 bits per heavy atom. The highest BCUT2D eigenvalue weighted by Crippen LogP contribution is 2.31. The van der Waals surface area contributed by atoms with Crippen LogP contribution < -0.4 is 10.2 Å². The minimum atomic E-state index is -0.535. The third-order valence-corrected chi connectivity index (χ3v) is 6.80. The van der Waals surface area contributed by atoms with E-state index < -0.39 is 5.54 Å². The molecular weight excluding hydrogens is 483 g/mol. The van der Waals surface area contributed by atoms with Gasteiger partial charge in [-0.05, 0) is 55.2 Å². The molecule has 9 heteroatoms. The summed E-state index contributed by atoms with van der Waals surface area (Å²) >= 11 is 18.3. The monoisotopic (exact) mass is 508 g/mol. The van der Waals surface area contributed by atoms with Gasteiger partial charge in [0, 0.05) is 16.8 Å². The van der Waals surface area contributed by atoms with Crippen molar-refractivity contribution in [2.75, 3.05) is 0 Å². The molecule has 0 radical (unpaired) electrons. The van der Waals surface area contributed by atoms with Crippen LogP contribution in [0.5, 0.6) is 0 Å². The molecule has 1 aliphatic heterocycles. The predicted octanol–water partition coefficient (Wildman–Crippen LogP) is 5.73. The fourth-order valence-electron chi connectivity index (χ4n) is 3.59. The molecule has 1 aliphatic rings. The lowest BCUT2D eigenvalue weighted by molar-refractivity contribution is -0.130. The van der Waals surface area contributed by atoms with Gasteiger partial charge in [-0.3, -0.25) is 19.3 Å². The fourth-order valence-corrected chi connectivity index (χ4v) is 4.14. The number of nitrogens with zero attached hydrogens (tertiary/aromatic N) is 2. The molecule has 0 unspecified atom stereocenters. The number of guanidine groups is 1. The van der Waals surface area contributed by atoms with Crippen molar-refractivity contribution in [1.29, 1.82) is 0 Å². The number of nitrogens with one attached hydrogen (secondary N) is 2. The number of carbonyl (C=O) groups is 2. The highest BCUT2D eigenvalue weighted by molar-refractivity contribution is 6.34. The number of carbonyl (C=O) groups excluding carboxylic acids is 2. The third-order valence-electron chi connectivity index (χ3n) is 6.07. The molecular formula is C24H27Cl3N4O2. The first-order valence-electron chi connectivity index (χ1n) is 10.7. The Balaban J connectivity index is 1.81. The van der Waals surface area contributed by atoms with E-state index in [1.165, 1.54) is 4.90 Å². The Hall–Kier alpha value is -2.28. The van der Waals surface area contributed by atoms with Crippen LogP contribution in [0.2, 0.25) is 10.0 Å². The van der Waals surface area contributed by atoms with Gasteiger partial charge in [0.15, 0.2) is 0 Å². The Labute approximate surface area is 209 Å². The zero-order valence-corrected chi connectivity index (χ0v) is 21.2. The molecule has 2 amide bonds. The van der Waals surface area contributed by atoms with Crippen LogP contribution in [-0.4, -0.2) is 28.2 Å². The van der Waals surface area contributed by atoms with Crippen LogP contribution in [0.1, 0.15) is 61.6 Å². The van der Waals surface area contributed by atoms with Crippen molar-refractivity contribution in [3.05, 3.63) is 69.2 Å². The first-order chi connectivity index (χ1) is 15.5. The van der Waals surface area contributed by atoms with Gasteiger partial charge in [-0.25, -0.2) is 4.99 Å². The lowest BCUT2D eigenvalue weighted by Crippen LogP contribution is -2.51. The molecule has 0 aromatic heterocycles. The van der Waals surface area contributed by atoms with Crippen molar-refractivity contribution in [3.63, 3.8) is 0 Å². The van der Waals surface area contributed by atoms with Gasteiger partial charge >= 0.3 is 0 Å². The van der Waals surface area contributed by atoms with Gasteiger partial charge in [-0.2, -0.15) is 0 Å². The molecule has 2 N–H and O–H groups in total. The van der Waals surface area contributed by atoms with E-state index in [0.717, 1.165) is 11.1 Å². The van der Waals surface area contributed by atoms with Crippen LogP contribution in [0.3, 0.4) is 0 Å². The highest BCUT2D eigenvalue weighted by Gasteiger charge is 2.39. The molecule has 3 rings (SSSR count). The number of hydrogen-bond acceptors (Lipinski definition) is 4. The minimum absolute atomic E-state index is 0.0973. The van der Waals surface area contributed by atoms with E-state index in [2.05, 4.69) is 15.1 Å². The first kappa shape index (κ1) is 25.3. The van der Waals surface area contributed by atoms with Crippen LogP contribution in [0.15, 0.2) is 47.5 Å². The maximum atomic E-state index is 13.0. The van der Waals surface area contributed by atoms with Crippen molar-refractivity contribution in [2.45, 2.75) is 52.2 Å². The largest absolute Gasteiger partial charge is 0.345 e. The summed E-state index contributed by atoms with van der Waals surface area (Å²) < 4.78 is 0. The Kier molecular flexibility index (Phi) is 7.93. The predicted molar refractivity (Wildman–Crippen MR) is 134 cm³/mol. The van der Waals surface area contributed by atoms with Gasteiger partial charge < -0.3 is 5.32 Å². The number of amides is 2. The van der Waals surface area contributed by atoms with E-state index in [9.17, 15) is 9.59 Å². The summed E-state index contributed by atoms with van der Waals surface area (Å²) in [5.74, 6) is 0.0338. The smallest absolute Gasteiger partial charge is 0.253 e. The summed E-state index contributed by atoms with van der Waals surface area (Å²) in [7, 11) is 0. The summed E-state index contributed by atoms with van der Waals surface area (Å²) in [5, 5.41) is 3.86. The summed E-state index contributed by atoms with van der Waals surface area (Å²) in [5.41, 5.74) is 1.38. The molecule has 2 aromatic carbocycles. The van der Waals surface area contributed by atoms with Crippen LogP contribution in [-0.2, 0) is 11.3 Å². The van der Waals surface area contributed by atoms with Gasteiger partial charge in [0.05, 0.1) is 35.1 Å². The summed E-state index contributed by atoms with van der Waals surface area (Å²) in [6.45, 7) is 8.05. The van der Waals surface area contributed by atoms with Crippen LogP contribution in [0.25, 0.3) is 0 Å². The molecule has 1 heterocycles. The zero-order chi connectivity index (χ0) is 24.3. The molecule has 6 nitrogen and oxygen atoms in total. The maximum Gasteiger partial charge on any atom is 0.253 e. The van der Waals surface area contributed by atoms with Crippen molar-refractivity contribution in [3.8, 4) is 0 Å². The quantitative estimate of drug-likeness (QED) is 0.488. The second kappa shape index (κ2) is 10.3. The van der Waals surface area contributed by atoms with Crippen molar-refractivity contribution in [1.82, 2.24) is 15.1 Å². The van der Waals surface area contributed by atoms with E-state index in [0.29, 0.717) is 21.6 Å². The second-order valence-corrected chi connectivity index (χ2v) is 9.80. The summed E-state index contributed by atoms with van der Waals surface area (Å²) in [6.07, 6.45) is 0.269. The maximum absolute atomic E-state index is 13.0. The third kappa shape index (κ3) is 5.81. The van der Waals surface area contributed by atoms with Gasteiger partial charge in [0.1, 0.15) is 0 Å². The van der Waals surface area contributed by atoms with E-state index >= 15 is 0 Å². The molecule has 0 aliphatic carbocycles. The molecule has 0 spiro atoms. The average molecular weight is 510 g/mol. The van der Waals surface area contributed by atoms with E-state index in [1.807, 2.05) is 39.8 Å². The minimum Gasteiger partial charge on any atom is -0.345 e. The number of rotatable bonds is 6. The number of benzene rings is 2. The molecule has 33 heavy (non-hydrogen) atoms. The molecule has 0 bridgehead atoms. The van der Waals surface area contributed by atoms with Crippen LogP contribution in [0, 0.1) is 5.92 Å². The highest BCUT2D eigenvalue weighted by atomic mass is 35.5. The number of hydrogen-bond donors (Lipinski definition) is 2. The second-order valence-electron chi connectivity index (χ2n) is 8.76. The van der Waals surface area contributed by atoms with Crippen molar-refractivity contribution >= 4 is 52.8 Å². The number of halogens is 3. The Bertz CT molecular complexity index is 1090. The van der Waals surface area contributed by atoms with Crippen molar-refractivity contribution in [2.24, 2.45) is 10.9 Å². The van der Waals surface area contributed by atoms with E-state index in [4.69, 9.17) is 35.0 Å². The Morgan fingerprint density at radius 2 is 1.91 bits per heavy atom. The molecule has 0 saturated heterocycles. The molecule has 176 valence electrons. The van der Waals surface area contributed by atoms with Crippen molar-refractivity contribution < 1.29 is 9.59 Å². The normalized spacial score (nSPS) is 19.3. The fraction of sp³-hybridized carbons (Fsp3) is 0.375. The summed E-state index contributed by atoms with van der Waals surface area (Å²) in [4.78, 5) is 34.6. The van der Waals surface area contributed by atoms with E-state index in [1.54, 1.807) is 30.3 Å². The van der Waals surface area contributed by atoms with Gasteiger partial charge in [-0.15, -0.1) is 0 Å². The molecule has 2 aromatic rings. The molecule has 0 fully saturated rings. The van der Waals surface area contributed by atoms with Crippen LogP contribution in [0.4, 0.5) is 0 Å².